The Morgan fingerprint density at radius 3 is 2.47 bits per heavy atom. The Labute approximate surface area is 215 Å². The summed E-state index contributed by atoms with van der Waals surface area (Å²) in [5, 5.41) is 5.22. The van der Waals surface area contributed by atoms with E-state index in [1.54, 1.807) is 35.2 Å². The van der Waals surface area contributed by atoms with Gasteiger partial charge in [0.25, 0.3) is 0 Å². The molecule has 2 heterocycles. The van der Waals surface area contributed by atoms with Gasteiger partial charge in [0.2, 0.25) is 15.9 Å². The Bertz CT molecular complexity index is 1270. The quantitative estimate of drug-likeness (QED) is 0.359. The first-order valence-corrected chi connectivity index (χ1v) is 13.9. The van der Waals surface area contributed by atoms with Crippen LogP contribution in [0.1, 0.15) is 58.8 Å². The Balaban J connectivity index is 1.83. The molecule has 0 atom stereocenters. The lowest BCUT2D eigenvalue weighted by atomic mass is 9.91. The summed E-state index contributed by atoms with van der Waals surface area (Å²) < 4.78 is 36.1. The predicted octanol–water partition coefficient (Wildman–Crippen LogP) is 4.98. The summed E-state index contributed by atoms with van der Waals surface area (Å²) in [6, 6.07) is 8.56. The number of amides is 1. The van der Waals surface area contributed by atoms with Gasteiger partial charge in [0.15, 0.2) is 0 Å². The van der Waals surface area contributed by atoms with Crippen LogP contribution in [0.2, 0.25) is 0 Å². The second-order valence-electron chi connectivity index (χ2n) is 11.2. The highest BCUT2D eigenvalue weighted by Crippen LogP contribution is 2.25. The second-order valence-corrected chi connectivity index (χ2v) is 13.1. The average molecular weight is 517 g/mol. The van der Waals surface area contributed by atoms with Gasteiger partial charge in [-0.2, -0.15) is 9.40 Å². The van der Waals surface area contributed by atoms with Crippen LogP contribution in [-0.4, -0.2) is 52.9 Å². The summed E-state index contributed by atoms with van der Waals surface area (Å²) in [5.74, 6) is 0.434. The fourth-order valence-corrected chi connectivity index (χ4v) is 5.68. The number of aromatic nitrogens is 2. The van der Waals surface area contributed by atoms with E-state index in [1.165, 1.54) is 4.31 Å². The molecule has 1 aromatic carbocycles. The van der Waals surface area contributed by atoms with E-state index in [-0.39, 0.29) is 29.3 Å². The number of sulfonamides is 1. The molecule has 0 aliphatic rings. The molecule has 3 rings (SSSR count). The van der Waals surface area contributed by atoms with Crippen LogP contribution in [0.25, 0.3) is 11.0 Å². The van der Waals surface area contributed by atoms with E-state index in [0.29, 0.717) is 43.1 Å². The Kier molecular flexibility index (Phi) is 8.67. The lowest BCUT2D eigenvalue weighted by Gasteiger charge is -2.29. The molecule has 0 radical (unpaired) electrons. The van der Waals surface area contributed by atoms with Crippen LogP contribution in [-0.2, 0) is 28.4 Å². The second kappa shape index (κ2) is 11.2. The van der Waals surface area contributed by atoms with Gasteiger partial charge in [0.05, 0.1) is 23.4 Å². The third kappa shape index (κ3) is 7.20. The van der Waals surface area contributed by atoms with Crippen LogP contribution in [0.15, 0.2) is 45.9 Å². The number of aryl methyl sites for hydroxylation is 2. The lowest BCUT2D eigenvalue weighted by Crippen LogP contribution is -2.39. The van der Waals surface area contributed by atoms with Crippen molar-refractivity contribution >= 4 is 26.9 Å². The molecule has 0 unspecified atom stereocenters. The van der Waals surface area contributed by atoms with Gasteiger partial charge in [-0.1, -0.05) is 34.6 Å². The van der Waals surface area contributed by atoms with Crippen molar-refractivity contribution in [2.75, 3.05) is 19.6 Å². The highest BCUT2D eigenvalue weighted by Gasteiger charge is 2.27. The molecule has 0 aliphatic heterocycles. The zero-order chi connectivity index (χ0) is 26.7. The molecule has 0 bridgehead atoms. The fraction of sp³-hybridized carbons (Fsp3) is 0.556. The third-order valence-electron chi connectivity index (χ3n) is 6.02. The first-order valence-electron chi connectivity index (χ1n) is 12.5. The first kappa shape index (κ1) is 27.9. The first-order chi connectivity index (χ1) is 16.8. The fourth-order valence-electron chi connectivity index (χ4n) is 4.19. The number of hydrogen-bond acceptors (Lipinski definition) is 5. The third-order valence-corrected chi connectivity index (χ3v) is 7.86. The predicted molar refractivity (Wildman–Crippen MR) is 142 cm³/mol. The van der Waals surface area contributed by atoms with Crippen LogP contribution in [0.4, 0.5) is 0 Å². The number of fused-ring (bicyclic) bond motifs is 1. The van der Waals surface area contributed by atoms with Crippen molar-refractivity contribution in [3.63, 3.8) is 0 Å². The molecule has 0 saturated heterocycles. The molecule has 1 amide bonds. The monoisotopic (exact) mass is 516 g/mol. The van der Waals surface area contributed by atoms with Crippen molar-refractivity contribution in [3.05, 3.63) is 48.0 Å². The number of rotatable bonds is 11. The zero-order valence-electron chi connectivity index (χ0n) is 22.6. The minimum Gasteiger partial charge on any atom is -0.464 e. The highest BCUT2D eigenvalue weighted by molar-refractivity contribution is 7.89. The minimum absolute atomic E-state index is 0.107. The zero-order valence-corrected chi connectivity index (χ0v) is 23.4. The normalized spacial score (nSPS) is 12.7. The maximum absolute atomic E-state index is 13.7. The summed E-state index contributed by atoms with van der Waals surface area (Å²) in [4.78, 5) is 15.1. The van der Waals surface area contributed by atoms with Crippen molar-refractivity contribution in [3.8, 4) is 0 Å². The molecule has 8 nitrogen and oxygen atoms in total. The van der Waals surface area contributed by atoms with Gasteiger partial charge in [0, 0.05) is 44.2 Å². The summed E-state index contributed by atoms with van der Waals surface area (Å²) in [5.41, 5.74) is 2.18. The van der Waals surface area contributed by atoms with E-state index < -0.39 is 10.0 Å². The number of nitrogens with zero attached hydrogens (tertiary/aromatic N) is 4. The summed E-state index contributed by atoms with van der Waals surface area (Å²) in [7, 11) is -1.96. The molecule has 0 aliphatic carbocycles. The van der Waals surface area contributed by atoms with Gasteiger partial charge in [-0.05, 0) is 55.0 Å². The summed E-state index contributed by atoms with van der Waals surface area (Å²) in [6.07, 6.45) is 2.54. The van der Waals surface area contributed by atoms with Crippen molar-refractivity contribution < 1.29 is 17.6 Å². The molecule has 198 valence electrons. The van der Waals surface area contributed by atoms with E-state index in [4.69, 9.17) is 4.42 Å². The van der Waals surface area contributed by atoms with Crippen molar-refractivity contribution in [2.24, 2.45) is 18.4 Å². The van der Waals surface area contributed by atoms with Crippen LogP contribution in [0, 0.1) is 18.3 Å². The number of furan rings is 1. The largest absolute Gasteiger partial charge is 0.464 e. The van der Waals surface area contributed by atoms with Gasteiger partial charge in [-0.15, -0.1) is 0 Å². The smallest absolute Gasteiger partial charge is 0.243 e. The Morgan fingerprint density at radius 2 is 1.86 bits per heavy atom. The van der Waals surface area contributed by atoms with Crippen molar-refractivity contribution in [2.45, 2.75) is 65.8 Å². The van der Waals surface area contributed by atoms with Crippen molar-refractivity contribution in [1.82, 2.24) is 19.0 Å². The van der Waals surface area contributed by atoms with Gasteiger partial charge in [0.1, 0.15) is 5.58 Å². The maximum atomic E-state index is 13.7. The summed E-state index contributed by atoms with van der Waals surface area (Å²) in [6.45, 7) is 13.9. The van der Waals surface area contributed by atoms with Gasteiger partial charge >= 0.3 is 0 Å². The van der Waals surface area contributed by atoms with Crippen molar-refractivity contribution in [1.29, 1.82) is 0 Å². The van der Waals surface area contributed by atoms with E-state index in [1.807, 2.05) is 24.9 Å². The Hall–Kier alpha value is -2.65. The molecular formula is C27H40N4O4S. The van der Waals surface area contributed by atoms with Crippen LogP contribution >= 0.6 is 0 Å². The van der Waals surface area contributed by atoms with Gasteiger partial charge < -0.3 is 9.32 Å². The SMILES string of the molecule is Cc1cc(CN(CCCN(CC(C)C)C(=O)CC(C)(C)C)S(=O)(=O)c2ccc3occc3c2)nn1C. The molecule has 9 heteroatoms. The standard InChI is InChI=1S/C27H40N4O4S/c1-20(2)18-30(26(32)17-27(4,5)6)12-8-13-31(19-23-15-21(3)29(7)28-23)36(33,34)24-9-10-25-22(16-24)11-14-35-25/h9-11,14-16,20H,8,12-13,17-19H2,1-7H3. The molecule has 3 aromatic rings. The number of hydrogen-bond donors (Lipinski definition) is 0. The van der Waals surface area contributed by atoms with Crippen LogP contribution in [0.3, 0.4) is 0 Å². The molecule has 0 spiro atoms. The number of carbonyl (C=O) groups excluding carboxylic acids is 1. The molecule has 36 heavy (non-hydrogen) atoms. The topological polar surface area (TPSA) is 88.7 Å². The van der Waals surface area contributed by atoms with Crippen LogP contribution < -0.4 is 0 Å². The molecule has 2 aromatic heterocycles. The summed E-state index contributed by atoms with van der Waals surface area (Å²) >= 11 is 0. The van der Waals surface area contributed by atoms with Gasteiger partial charge in [-0.3, -0.25) is 9.48 Å². The molecule has 0 N–H and O–H groups in total. The van der Waals surface area contributed by atoms with E-state index in [2.05, 4.69) is 39.7 Å². The number of carbonyl (C=O) groups is 1. The van der Waals surface area contributed by atoms with E-state index >= 15 is 0 Å². The van der Waals surface area contributed by atoms with E-state index in [9.17, 15) is 13.2 Å². The van der Waals surface area contributed by atoms with E-state index in [0.717, 1.165) is 11.1 Å². The number of benzene rings is 1. The average Bonchev–Trinajstić information content (AvgIpc) is 3.35. The highest BCUT2D eigenvalue weighted by atomic mass is 32.2. The Morgan fingerprint density at radius 1 is 1.14 bits per heavy atom. The molecule has 0 saturated carbocycles. The lowest BCUT2D eigenvalue weighted by molar-refractivity contribution is -0.133. The maximum Gasteiger partial charge on any atom is 0.243 e. The van der Waals surface area contributed by atoms with Gasteiger partial charge in [-0.25, -0.2) is 8.42 Å². The van der Waals surface area contributed by atoms with Crippen LogP contribution in [0.5, 0.6) is 0 Å². The molecule has 0 fully saturated rings. The minimum atomic E-state index is -3.80. The molecular weight excluding hydrogens is 476 g/mol.